The van der Waals surface area contributed by atoms with Gasteiger partial charge in [0.05, 0.1) is 10.0 Å². The molecule has 0 spiro atoms. The Hall–Kier alpha value is -1.87. The van der Waals surface area contributed by atoms with Crippen molar-refractivity contribution >= 4 is 39.7 Å². The number of nitrogen functional groups attached to an aromatic ring is 1. The third-order valence-corrected chi connectivity index (χ3v) is 3.60. The number of hydrogen-bond donors (Lipinski definition) is 1. The molecular weight excluding hydrogens is 228 g/mol. The molecule has 84 valence electrons. The molecule has 17 heavy (non-hydrogen) atoms. The number of benzene rings is 2. The molecule has 0 atom stereocenters. The lowest BCUT2D eigenvalue weighted by atomic mass is 10.1. The second-order valence-corrected chi connectivity index (χ2v) is 4.55. The Kier molecular flexibility index (Phi) is 2.16. The first-order chi connectivity index (χ1) is 8.20. The first-order valence-electron chi connectivity index (χ1n) is 5.46. The highest BCUT2D eigenvalue weighted by Crippen LogP contribution is 2.28. The van der Waals surface area contributed by atoms with Crippen LogP contribution in [0.5, 0.6) is 0 Å². The summed E-state index contributed by atoms with van der Waals surface area (Å²) >= 11 is 5.55. The van der Waals surface area contributed by atoms with Crippen LogP contribution in [0.15, 0.2) is 42.5 Å². The zero-order valence-electron chi connectivity index (χ0n) is 9.47. The Morgan fingerprint density at radius 3 is 2.53 bits per heavy atom. The number of fused-ring (bicyclic) bond motifs is 2. The van der Waals surface area contributed by atoms with Crippen molar-refractivity contribution in [2.45, 2.75) is 0 Å². The molecule has 0 aliphatic rings. The van der Waals surface area contributed by atoms with Gasteiger partial charge >= 0.3 is 0 Å². The minimum Gasteiger partial charge on any atom is -0.398 e. The van der Waals surface area contributed by atoms with E-state index >= 15 is 0 Å². The van der Waals surface area contributed by atoms with Gasteiger partial charge in [0, 0.05) is 29.0 Å². The molecule has 2 N–H and O–H groups in total. The predicted octanol–water partition coefficient (Wildman–Crippen LogP) is 3.64. The van der Waals surface area contributed by atoms with Gasteiger partial charge in [0.15, 0.2) is 0 Å². The van der Waals surface area contributed by atoms with Crippen molar-refractivity contribution in [2.75, 3.05) is 5.73 Å². The number of hydrogen-bond acceptors (Lipinski definition) is 2. The van der Waals surface area contributed by atoms with Crippen LogP contribution in [0.4, 0.5) is 5.69 Å². The summed E-state index contributed by atoms with van der Waals surface area (Å²) in [4.78, 5) is 0. The summed E-state index contributed by atoms with van der Waals surface area (Å²) in [5.74, 6) is 0. The maximum Gasteiger partial charge on any atom is 0.0584 e. The third-order valence-electron chi connectivity index (χ3n) is 3.17. The van der Waals surface area contributed by atoms with Crippen LogP contribution >= 0.6 is 12.2 Å². The van der Waals surface area contributed by atoms with Crippen molar-refractivity contribution < 1.29 is 0 Å². The van der Waals surface area contributed by atoms with E-state index in [1.165, 1.54) is 0 Å². The van der Waals surface area contributed by atoms with Gasteiger partial charge in [-0.2, -0.15) is 0 Å². The van der Waals surface area contributed by atoms with E-state index in [0.29, 0.717) is 0 Å². The van der Waals surface area contributed by atoms with E-state index in [1.54, 1.807) is 0 Å². The summed E-state index contributed by atoms with van der Waals surface area (Å²) in [5, 5.41) is 2.05. The number of para-hydroxylation sites is 1. The van der Waals surface area contributed by atoms with Gasteiger partial charge in [-0.05, 0) is 18.2 Å². The summed E-state index contributed by atoms with van der Waals surface area (Å²) in [7, 11) is 2.04. The fraction of sp³-hybridized carbons (Fsp3) is 0.0714. The summed E-state index contributed by atoms with van der Waals surface area (Å²) in [6.45, 7) is 0. The highest BCUT2D eigenvalue weighted by atomic mass is 32.1. The molecule has 0 aliphatic heterocycles. The molecular formula is C14H12N2S. The van der Waals surface area contributed by atoms with E-state index in [0.717, 1.165) is 32.0 Å². The Bertz CT molecular complexity index is 787. The Morgan fingerprint density at radius 1 is 1.00 bits per heavy atom. The highest BCUT2D eigenvalue weighted by Gasteiger charge is 2.07. The summed E-state index contributed by atoms with van der Waals surface area (Å²) in [5.41, 5.74) is 8.99. The highest BCUT2D eigenvalue weighted by molar-refractivity contribution is 7.72. The number of aryl methyl sites for hydroxylation is 1. The zero-order valence-corrected chi connectivity index (χ0v) is 10.3. The van der Waals surface area contributed by atoms with E-state index in [1.807, 2.05) is 43.4 Å². The molecule has 2 aromatic carbocycles. The third kappa shape index (κ3) is 1.36. The number of rotatable bonds is 0. The number of anilines is 1. The van der Waals surface area contributed by atoms with Gasteiger partial charge in [0.2, 0.25) is 0 Å². The number of aromatic nitrogens is 1. The van der Waals surface area contributed by atoms with Crippen LogP contribution in [0.1, 0.15) is 0 Å². The largest absolute Gasteiger partial charge is 0.398 e. The lowest BCUT2D eigenvalue weighted by molar-refractivity contribution is 1.00. The van der Waals surface area contributed by atoms with Gasteiger partial charge in [0.1, 0.15) is 0 Å². The molecule has 3 heteroatoms. The zero-order chi connectivity index (χ0) is 12.0. The molecule has 3 rings (SSSR count). The van der Waals surface area contributed by atoms with Crippen LogP contribution in [0.25, 0.3) is 21.8 Å². The van der Waals surface area contributed by atoms with Gasteiger partial charge in [-0.1, -0.05) is 36.5 Å². The van der Waals surface area contributed by atoms with Crippen LogP contribution in [0, 0.1) is 4.51 Å². The Balaban J connectivity index is 2.74. The fourth-order valence-corrected chi connectivity index (χ4v) is 2.70. The first-order valence-corrected chi connectivity index (χ1v) is 5.87. The molecule has 0 unspecified atom stereocenters. The van der Waals surface area contributed by atoms with Crippen molar-refractivity contribution in [1.82, 2.24) is 4.57 Å². The molecule has 0 bridgehead atoms. The molecule has 1 aromatic heterocycles. The molecule has 0 saturated heterocycles. The molecule has 1 heterocycles. The van der Waals surface area contributed by atoms with E-state index in [2.05, 4.69) is 10.6 Å². The van der Waals surface area contributed by atoms with Crippen LogP contribution in [-0.4, -0.2) is 4.57 Å². The normalized spacial score (nSPS) is 11.1. The van der Waals surface area contributed by atoms with Gasteiger partial charge < -0.3 is 10.3 Å². The SMILES string of the molecule is Cn1c2ccccc2c(=S)c2c(N)cccc21. The minimum absolute atomic E-state index is 0.744. The van der Waals surface area contributed by atoms with Crippen molar-refractivity contribution in [3.8, 4) is 0 Å². The van der Waals surface area contributed by atoms with E-state index < -0.39 is 0 Å². The molecule has 2 nitrogen and oxygen atoms in total. The van der Waals surface area contributed by atoms with Gasteiger partial charge in [-0.25, -0.2) is 0 Å². The fourth-order valence-electron chi connectivity index (χ4n) is 2.31. The molecule has 0 fully saturated rings. The maximum atomic E-state index is 6.04. The number of pyridine rings is 1. The van der Waals surface area contributed by atoms with E-state index in [-0.39, 0.29) is 0 Å². The second-order valence-electron chi connectivity index (χ2n) is 4.15. The van der Waals surface area contributed by atoms with Crippen LogP contribution < -0.4 is 5.73 Å². The van der Waals surface area contributed by atoms with Gasteiger partial charge in [0.25, 0.3) is 0 Å². The first kappa shape index (κ1) is 10.3. The molecule has 0 amide bonds. The lowest BCUT2D eigenvalue weighted by Gasteiger charge is -2.12. The van der Waals surface area contributed by atoms with Gasteiger partial charge in [-0.15, -0.1) is 0 Å². The molecule has 0 radical (unpaired) electrons. The van der Waals surface area contributed by atoms with E-state index in [9.17, 15) is 0 Å². The van der Waals surface area contributed by atoms with Crippen LogP contribution in [-0.2, 0) is 7.05 Å². The van der Waals surface area contributed by atoms with Crippen LogP contribution in [0.3, 0.4) is 0 Å². The van der Waals surface area contributed by atoms with E-state index in [4.69, 9.17) is 18.0 Å². The van der Waals surface area contributed by atoms with Crippen molar-refractivity contribution in [3.63, 3.8) is 0 Å². The molecule has 0 saturated carbocycles. The Labute approximate surface area is 104 Å². The second kappa shape index (κ2) is 3.57. The summed E-state index contributed by atoms with van der Waals surface area (Å²) in [6, 6.07) is 14.1. The average Bonchev–Trinajstić information content (AvgIpc) is 2.36. The van der Waals surface area contributed by atoms with Gasteiger partial charge in [-0.3, -0.25) is 0 Å². The smallest absolute Gasteiger partial charge is 0.0584 e. The Morgan fingerprint density at radius 2 is 1.71 bits per heavy atom. The summed E-state index contributed by atoms with van der Waals surface area (Å²) < 4.78 is 2.98. The topological polar surface area (TPSA) is 30.9 Å². The van der Waals surface area contributed by atoms with Crippen molar-refractivity contribution in [3.05, 3.63) is 47.0 Å². The maximum absolute atomic E-state index is 6.04. The van der Waals surface area contributed by atoms with Crippen molar-refractivity contribution in [2.24, 2.45) is 7.05 Å². The average molecular weight is 240 g/mol. The quantitative estimate of drug-likeness (QED) is 0.369. The molecule has 0 aliphatic carbocycles. The lowest BCUT2D eigenvalue weighted by Crippen LogP contribution is -1.98. The summed E-state index contributed by atoms with van der Waals surface area (Å²) in [6.07, 6.45) is 0. The van der Waals surface area contributed by atoms with Crippen molar-refractivity contribution in [1.29, 1.82) is 0 Å². The minimum atomic E-state index is 0.744. The predicted molar refractivity (Wildman–Crippen MR) is 75.7 cm³/mol. The number of nitrogens with zero attached hydrogens (tertiary/aromatic N) is 1. The molecule has 3 aromatic rings. The standard InChI is InChI=1S/C14H12N2S/c1-16-11-7-3-2-5-9(11)14(17)13-10(15)6-4-8-12(13)16/h2-8H,15H2,1H3. The van der Waals surface area contributed by atoms with Crippen LogP contribution in [0.2, 0.25) is 0 Å². The monoisotopic (exact) mass is 240 g/mol. The number of nitrogens with two attached hydrogens (primary N) is 1.